The van der Waals surface area contributed by atoms with E-state index >= 15 is 0 Å². The summed E-state index contributed by atoms with van der Waals surface area (Å²) in [4.78, 5) is 24.7. The number of benzene rings is 3. The van der Waals surface area contributed by atoms with Gasteiger partial charge in [-0.1, -0.05) is 127 Å². The topological polar surface area (TPSA) is 77.3 Å². The maximum atomic E-state index is 12.8. The Morgan fingerprint density at radius 3 is 1.58 bits per heavy atom. The van der Waals surface area contributed by atoms with Crippen LogP contribution in [-0.2, 0) is 9.16 Å². The normalized spacial score (nSPS) is 11.3. The van der Waals surface area contributed by atoms with Gasteiger partial charge < -0.3 is 9.16 Å². The molecule has 0 aliphatic carbocycles. The van der Waals surface area contributed by atoms with E-state index in [1.54, 1.807) is 0 Å². The number of ether oxygens (including phenoxy) is 1. The fourth-order valence-corrected chi connectivity index (χ4v) is 7.29. The monoisotopic (exact) mass is 460 g/mol. The van der Waals surface area contributed by atoms with Gasteiger partial charge in [0.05, 0.1) is 6.61 Å². The van der Waals surface area contributed by atoms with E-state index in [0.29, 0.717) is 0 Å². The number of carbonyl (C=O) groups is 2. The lowest BCUT2D eigenvalue weighted by Crippen LogP contribution is -2.69. The molecular weight excluding hydrogens is 432 g/mol. The number of unbranched alkanes of at least 4 members (excludes halogenated alkanes) is 3. The van der Waals surface area contributed by atoms with Gasteiger partial charge in [0.25, 0.3) is 0 Å². The summed E-state index contributed by atoms with van der Waals surface area (Å²) < 4.78 is 11.2. The highest BCUT2D eigenvalue weighted by Gasteiger charge is 2.45. The summed E-state index contributed by atoms with van der Waals surface area (Å²) in [6, 6.07) is 28.9. The summed E-state index contributed by atoms with van der Waals surface area (Å²) >= 11 is 0. The zero-order valence-corrected chi connectivity index (χ0v) is 19.7. The minimum atomic E-state index is -3.25. The molecule has 0 radical (unpaired) electrons. The Morgan fingerprint density at radius 2 is 1.12 bits per heavy atom. The molecule has 7 heteroatoms. The Bertz CT molecular complexity index is 947. The third-order valence-corrected chi connectivity index (χ3v) is 9.14. The minimum absolute atomic E-state index is 0.254. The highest BCUT2D eigenvalue weighted by atomic mass is 28.4. The molecule has 0 atom stereocenters. The second-order valence-corrected chi connectivity index (χ2v) is 10.8. The maximum absolute atomic E-state index is 12.8. The first-order chi connectivity index (χ1) is 16.2. The Labute approximate surface area is 195 Å². The molecule has 0 heterocycles. The highest BCUT2D eigenvalue weighted by Crippen LogP contribution is 2.11. The molecule has 0 aromatic heterocycles. The van der Waals surface area contributed by atoms with Crippen LogP contribution in [0.15, 0.2) is 101 Å². The molecular formula is C26H28N2O4Si. The van der Waals surface area contributed by atoms with Crippen LogP contribution in [-0.4, -0.2) is 27.1 Å². The van der Waals surface area contributed by atoms with Crippen LogP contribution in [0.3, 0.4) is 0 Å². The van der Waals surface area contributed by atoms with Crippen LogP contribution in [0.25, 0.3) is 0 Å². The van der Waals surface area contributed by atoms with Gasteiger partial charge in [-0.05, 0) is 22.0 Å². The molecule has 0 bridgehead atoms. The maximum Gasteiger partial charge on any atom is 0.452 e. The Hall–Kier alpha value is -3.58. The molecule has 0 aliphatic heterocycles. The summed E-state index contributed by atoms with van der Waals surface area (Å²) in [6.45, 7) is 2.36. The second-order valence-electron chi connectivity index (χ2n) is 7.52. The zero-order chi connectivity index (χ0) is 23.4. The van der Waals surface area contributed by atoms with Crippen molar-refractivity contribution in [2.75, 3.05) is 6.61 Å². The third kappa shape index (κ3) is 6.46. The Kier molecular flexibility index (Phi) is 9.08. The molecule has 0 fully saturated rings. The van der Waals surface area contributed by atoms with E-state index < -0.39 is 20.5 Å². The molecule has 3 aromatic rings. The van der Waals surface area contributed by atoms with E-state index in [2.05, 4.69) is 17.2 Å². The molecule has 3 aromatic carbocycles. The predicted molar refractivity (Wildman–Crippen MR) is 131 cm³/mol. The van der Waals surface area contributed by atoms with Gasteiger partial charge in [0, 0.05) is 0 Å². The smallest absolute Gasteiger partial charge is 0.452 e. The van der Waals surface area contributed by atoms with Crippen molar-refractivity contribution in [3.05, 3.63) is 91.0 Å². The number of hydrogen-bond donors (Lipinski definition) is 0. The van der Waals surface area contributed by atoms with Crippen LogP contribution >= 0.6 is 0 Å². The van der Waals surface area contributed by atoms with E-state index in [1.807, 2.05) is 91.0 Å². The average Bonchev–Trinajstić information content (AvgIpc) is 2.87. The largest absolute Gasteiger partial charge is 0.487 e. The molecule has 2 amide bonds. The number of nitrogens with zero attached hydrogens (tertiary/aromatic N) is 2. The highest BCUT2D eigenvalue weighted by molar-refractivity contribution is 7.07. The minimum Gasteiger partial charge on any atom is -0.487 e. The van der Waals surface area contributed by atoms with Gasteiger partial charge in [-0.15, -0.1) is 0 Å². The van der Waals surface area contributed by atoms with E-state index in [4.69, 9.17) is 9.16 Å². The molecule has 0 spiro atoms. The van der Waals surface area contributed by atoms with Crippen molar-refractivity contribution in [3.63, 3.8) is 0 Å². The van der Waals surface area contributed by atoms with E-state index in [9.17, 15) is 9.59 Å². The lowest BCUT2D eigenvalue weighted by Gasteiger charge is -2.31. The molecule has 0 saturated heterocycles. The summed E-state index contributed by atoms with van der Waals surface area (Å²) in [5.41, 5.74) is 0. The quantitative estimate of drug-likeness (QED) is 0.196. The SMILES string of the molecule is CCCCCCOC(=O)/N=N/C(=O)O[Si](c1ccccc1)(c1ccccc1)c1ccccc1. The molecule has 0 aliphatic rings. The van der Waals surface area contributed by atoms with Gasteiger partial charge in [0.1, 0.15) is 0 Å². The van der Waals surface area contributed by atoms with Crippen LogP contribution in [0.4, 0.5) is 9.59 Å². The number of amides is 2. The van der Waals surface area contributed by atoms with Crippen molar-refractivity contribution in [2.24, 2.45) is 10.2 Å². The average molecular weight is 461 g/mol. The standard InChI is InChI=1S/C26H28N2O4Si/c1-2-3-4-14-21-31-25(29)27-28-26(30)32-33(22-15-8-5-9-16-22,23-17-10-6-11-18-23)24-19-12-7-13-20-24/h5-13,15-20H,2-4,14,21H2,1H3/b28-27+. The van der Waals surface area contributed by atoms with E-state index in [1.165, 1.54) is 0 Å². The fraction of sp³-hybridized carbons (Fsp3) is 0.231. The number of rotatable bonds is 9. The summed E-state index contributed by atoms with van der Waals surface area (Å²) in [7, 11) is -3.25. The first-order valence-corrected chi connectivity index (χ1v) is 13.1. The van der Waals surface area contributed by atoms with Crippen LogP contribution in [0.1, 0.15) is 32.6 Å². The third-order valence-electron chi connectivity index (χ3n) is 5.22. The predicted octanol–water partition coefficient (Wildman–Crippen LogP) is 4.96. The molecule has 0 N–H and O–H groups in total. The lowest BCUT2D eigenvalue weighted by molar-refractivity contribution is 0.152. The van der Waals surface area contributed by atoms with Gasteiger partial charge >= 0.3 is 20.5 Å². The molecule has 0 saturated carbocycles. The zero-order valence-electron chi connectivity index (χ0n) is 18.7. The lowest BCUT2D eigenvalue weighted by atomic mass is 10.2. The molecule has 170 valence electrons. The van der Waals surface area contributed by atoms with Crippen molar-refractivity contribution < 1.29 is 18.8 Å². The summed E-state index contributed by atoms with van der Waals surface area (Å²) in [5, 5.41) is 9.58. The number of carbonyl (C=O) groups excluding carboxylic acids is 2. The van der Waals surface area contributed by atoms with E-state index in [0.717, 1.165) is 41.2 Å². The molecule has 0 unspecified atom stereocenters. The summed E-state index contributed by atoms with van der Waals surface area (Å²) in [6.07, 6.45) is 2.08. The van der Waals surface area contributed by atoms with Crippen molar-refractivity contribution in [3.8, 4) is 0 Å². The Balaban J connectivity index is 1.88. The van der Waals surface area contributed by atoms with Gasteiger partial charge in [-0.25, -0.2) is 9.59 Å². The van der Waals surface area contributed by atoms with Crippen LogP contribution in [0, 0.1) is 0 Å². The van der Waals surface area contributed by atoms with Gasteiger partial charge in [0.15, 0.2) is 0 Å². The van der Waals surface area contributed by atoms with Crippen molar-refractivity contribution in [1.82, 2.24) is 0 Å². The molecule has 6 nitrogen and oxygen atoms in total. The fourth-order valence-electron chi connectivity index (χ4n) is 3.65. The number of hydrogen-bond acceptors (Lipinski definition) is 4. The van der Waals surface area contributed by atoms with Crippen molar-refractivity contribution in [2.45, 2.75) is 32.6 Å². The second kappa shape index (κ2) is 12.5. The van der Waals surface area contributed by atoms with E-state index in [-0.39, 0.29) is 6.61 Å². The van der Waals surface area contributed by atoms with Crippen molar-refractivity contribution >= 4 is 36.1 Å². The first kappa shape index (κ1) is 24.1. The molecule has 3 rings (SSSR count). The van der Waals surface area contributed by atoms with Gasteiger partial charge in [0.2, 0.25) is 0 Å². The van der Waals surface area contributed by atoms with Gasteiger partial charge in [-0.3, -0.25) is 0 Å². The Morgan fingerprint density at radius 1 is 0.667 bits per heavy atom. The summed E-state index contributed by atoms with van der Waals surface area (Å²) in [5.74, 6) is 0. The first-order valence-electron chi connectivity index (χ1n) is 11.1. The van der Waals surface area contributed by atoms with Crippen LogP contribution in [0.5, 0.6) is 0 Å². The van der Waals surface area contributed by atoms with Crippen molar-refractivity contribution in [1.29, 1.82) is 0 Å². The van der Waals surface area contributed by atoms with Gasteiger partial charge in [-0.2, -0.15) is 0 Å². The molecule has 33 heavy (non-hydrogen) atoms. The van der Waals surface area contributed by atoms with Crippen LogP contribution in [0.2, 0.25) is 0 Å². The number of azo groups is 1. The van der Waals surface area contributed by atoms with Crippen LogP contribution < -0.4 is 15.6 Å².